The zero-order valence-electron chi connectivity index (χ0n) is 15.6. The molecule has 0 bridgehead atoms. The first-order valence-electron chi connectivity index (χ1n) is 9.16. The maximum Gasteiger partial charge on any atom is 0.0621 e. The highest BCUT2D eigenvalue weighted by molar-refractivity contribution is 5.49. The zero-order valence-corrected chi connectivity index (χ0v) is 15.6. The van der Waals surface area contributed by atoms with Gasteiger partial charge in [0.1, 0.15) is 0 Å². The van der Waals surface area contributed by atoms with E-state index in [1.54, 1.807) is 0 Å². The van der Waals surface area contributed by atoms with E-state index in [2.05, 4.69) is 83.7 Å². The van der Waals surface area contributed by atoms with Gasteiger partial charge in [-0.1, -0.05) is 0 Å². The van der Waals surface area contributed by atoms with Crippen LogP contribution in [-0.2, 0) is 0 Å². The van der Waals surface area contributed by atoms with Crippen molar-refractivity contribution in [3.05, 3.63) is 118 Å². The summed E-state index contributed by atoms with van der Waals surface area (Å²) in [6.45, 7) is 4.21. The Balaban J connectivity index is 1.56. The molecule has 0 aliphatic carbocycles. The van der Waals surface area contributed by atoms with E-state index in [9.17, 15) is 0 Å². The van der Waals surface area contributed by atoms with Crippen molar-refractivity contribution in [3.63, 3.8) is 0 Å². The highest BCUT2D eigenvalue weighted by Crippen LogP contribution is 2.23. The van der Waals surface area contributed by atoms with Gasteiger partial charge >= 0.3 is 0 Å². The molecular formula is C23H24N4. The molecule has 4 rings (SSSR count). The second-order valence-electron chi connectivity index (χ2n) is 6.96. The normalized spacial score (nSPS) is 26.1. The molecule has 0 unspecified atom stereocenters. The summed E-state index contributed by atoms with van der Waals surface area (Å²) in [7, 11) is 0. The molecule has 0 aromatic rings. The highest BCUT2D eigenvalue weighted by Gasteiger charge is 2.11. The molecule has 0 atom stereocenters. The summed E-state index contributed by atoms with van der Waals surface area (Å²) in [5.41, 5.74) is 9.37. The molecule has 0 spiro atoms. The van der Waals surface area contributed by atoms with Crippen LogP contribution in [0.3, 0.4) is 0 Å². The van der Waals surface area contributed by atoms with Gasteiger partial charge in [0, 0.05) is 24.8 Å². The van der Waals surface area contributed by atoms with Crippen LogP contribution in [0.25, 0.3) is 0 Å². The van der Waals surface area contributed by atoms with Gasteiger partial charge in [-0.25, -0.2) is 0 Å². The lowest BCUT2D eigenvalue weighted by molar-refractivity contribution is 0.952. The number of allylic oxidation sites excluding steroid dienone is 12. The van der Waals surface area contributed by atoms with E-state index >= 15 is 0 Å². The molecule has 0 aromatic carbocycles. The fourth-order valence-corrected chi connectivity index (χ4v) is 3.27. The summed E-state index contributed by atoms with van der Waals surface area (Å²) in [6.07, 6.45) is 26.0. The summed E-state index contributed by atoms with van der Waals surface area (Å²) in [5.74, 6) is 0. The molecule has 0 saturated carbocycles. The first-order valence-corrected chi connectivity index (χ1v) is 9.16. The lowest BCUT2D eigenvalue weighted by Crippen LogP contribution is -2.18. The summed E-state index contributed by atoms with van der Waals surface area (Å²) >= 11 is 0. The van der Waals surface area contributed by atoms with Gasteiger partial charge < -0.3 is 21.3 Å². The number of dihydropyridines is 4. The monoisotopic (exact) mass is 356 g/mol. The molecule has 136 valence electrons. The van der Waals surface area contributed by atoms with E-state index in [0.29, 0.717) is 0 Å². The summed E-state index contributed by atoms with van der Waals surface area (Å²) in [5, 5.41) is 13.3. The molecule has 0 amide bonds. The first-order chi connectivity index (χ1) is 13.2. The molecule has 4 heterocycles. The third-order valence-electron chi connectivity index (χ3n) is 4.63. The SMILES string of the molecule is CC1=CC(=C2C=C(CC3=CC(=C4C=C(C)C=CN4)NC=C3)C=CN2)NC=C1. The van der Waals surface area contributed by atoms with Crippen LogP contribution >= 0.6 is 0 Å². The van der Waals surface area contributed by atoms with Crippen LogP contribution in [0.5, 0.6) is 0 Å². The second kappa shape index (κ2) is 7.46. The topological polar surface area (TPSA) is 48.1 Å². The van der Waals surface area contributed by atoms with Crippen molar-refractivity contribution in [2.45, 2.75) is 20.3 Å². The predicted molar refractivity (Wildman–Crippen MR) is 111 cm³/mol. The smallest absolute Gasteiger partial charge is 0.0621 e. The van der Waals surface area contributed by atoms with Crippen LogP contribution in [0, 0.1) is 0 Å². The van der Waals surface area contributed by atoms with E-state index in [4.69, 9.17) is 0 Å². The van der Waals surface area contributed by atoms with Crippen LogP contribution in [0.4, 0.5) is 0 Å². The molecule has 4 aliphatic rings. The average molecular weight is 356 g/mol. The highest BCUT2D eigenvalue weighted by atomic mass is 14.9. The molecule has 0 fully saturated rings. The van der Waals surface area contributed by atoms with Crippen molar-refractivity contribution in [2.24, 2.45) is 0 Å². The van der Waals surface area contributed by atoms with Gasteiger partial charge in [0.25, 0.3) is 0 Å². The van der Waals surface area contributed by atoms with E-state index in [-0.39, 0.29) is 0 Å². The summed E-state index contributed by atoms with van der Waals surface area (Å²) in [6, 6.07) is 0. The molecule has 0 saturated heterocycles. The van der Waals surface area contributed by atoms with E-state index in [1.807, 2.05) is 24.8 Å². The quantitative estimate of drug-likeness (QED) is 0.604. The maximum atomic E-state index is 3.34. The molecule has 4 N–H and O–H groups in total. The minimum absolute atomic E-state index is 0.876. The molecule has 4 nitrogen and oxygen atoms in total. The van der Waals surface area contributed by atoms with Gasteiger partial charge in [-0.3, -0.25) is 0 Å². The van der Waals surface area contributed by atoms with Gasteiger partial charge in [0.15, 0.2) is 0 Å². The van der Waals surface area contributed by atoms with Crippen molar-refractivity contribution >= 4 is 0 Å². The Morgan fingerprint density at radius 2 is 0.889 bits per heavy atom. The van der Waals surface area contributed by atoms with Crippen LogP contribution in [0.15, 0.2) is 118 Å². The fourth-order valence-electron chi connectivity index (χ4n) is 3.27. The van der Waals surface area contributed by atoms with Gasteiger partial charge in [0.2, 0.25) is 0 Å². The van der Waals surface area contributed by atoms with E-state index < -0.39 is 0 Å². The molecule has 27 heavy (non-hydrogen) atoms. The number of hydrogen-bond donors (Lipinski definition) is 4. The van der Waals surface area contributed by atoms with E-state index in [1.165, 1.54) is 22.3 Å². The molecule has 4 aliphatic heterocycles. The van der Waals surface area contributed by atoms with Crippen molar-refractivity contribution in [3.8, 4) is 0 Å². The van der Waals surface area contributed by atoms with Crippen LogP contribution in [-0.4, -0.2) is 0 Å². The Kier molecular flexibility index (Phi) is 4.71. The van der Waals surface area contributed by atoms with Gasteiger partial charge in [0.05, 0.1) is 22.8 Å². The second-order valence-corrected chi connectivity index (χ2v) is 6.96. The minimum atomic E-state index is 0.876. The Morgan fingerprint density at radius 1 is 0.519 bits per heavy atom. The van der Waals surface area contributed by atoms with Crippen LogP contribution < -0.4 is 21.3 Å². The largest absolute Gasteiger partial charge is 0.360 e. The molecule has 0 aromatic heterocycles. The van der Waals surface area contributed by atoms with E-state index in [0.717, 1.165) is 29.2 Å². The third kappa shape index (κ3) is 4.06. The lowest BCUT2D eigenvalue weighted by Gasteiger charge is -2.20. The van der Waals surface area contributed by atoms with Crippen molar-refractivity contribution in [1.29, 1.82) is 0 Å². The Morgan fingerprint density at radius 3 is 1.30 bits per heavy atom. The Bertz CT molecular complexity index is 878. The minimum Gasteiger partial charge on any atom is -0.360 e. The van der Waals surface area contributed by atoms with Gasteiger partial charge in [-0.05, 0) is 91.2 Å². The summed E-state index contributed by atoms with van der Waals surface area (Å²) < 4.78 is 0. The first kappa shape index (κ1) is 17.0. The number of nitrogens with one attached hydrogen (secondary N) is 4. The maximum absolute atomic E-state index is 3.34. The number of hydrogen-bond acceptors (Lipinski definition) is 4. The van der Waals surface area contributed by atoms with Crippen molar-refractivity contribution < 1.29 is 0 Å². The summed E-state index contributed by atoms with van der Waals surface area (Å²) in [4.78, 5) is 0. The van der Waals surface area contributed by atoms with Crippen LogP contribution in [0.1, 0.15) is 20.3 Å². The Labute approximate surface area is 160 Å². The molecule has 4 heteroatoms. The van der Waals surface area contributed by atoms with Gasteiger partial charge in [-0.15, -0.1) is 0 Å². The van der Waals surface area contributed by atoms with Crippen LogP contribution in [0.2, 0.25) is 0 Å². The standard InChI is InChI=1S/C23H24N4/c1-16-3-7-24-20(11-16)22-14-18(5-9-26-22)13-19-6-10-27-23(15-19)21-12-17(2)4-8-25-21/h3-12,14-15,24-27H,13H2,1-2H3. The van der Waals surface area contributed by atoms with Crippen molar-refractivity contribution in [2.75, 3.05) is 0 Å². The average Bonchev–Trinajstić information content (AvgIpc) is 2.68. The fraction of sp³-hybridized carbons (Fsp3) is 0.130. The Hall–Kier alpha value is -3.40. The number of rotatable bonds is 2. The van der Waals surface area contributed by atoms with Crippen molar-refractivity contribution in [1.82, 2.24) is 21.3 Å². The molecular weight excluding hydrogens is 332 g/mol. The third-order valence-corrected chi connectivity index (χ3v) is 4.63. The zero-order chi connectivity index (χ0) is 18.6. The van der Waals surface area contributed by atoms with Gasteiger partial charge in [-0.2, -0.15) is 0 Å². The molecule has 0 radical (unpaired) electrons. The predicted octanol–water partition coefficient (Wildman–Crippen LogP) is 4.01. The lowest BCUT2D eigenvalue weighted by atomic mass is 9.99.